The third-order valence-electron chi connectivity index (χ3n) is 1.86. The van der Waals surface area contributed by atoms with Crippen LogP contribution in [0.2, 0.25) is 0 Å². The van der Waals surface area contributed by atoms with Crippen LogP contribution in [0.5, 0.6) is 0 Å². The molecule has 0 aromatic heterocycles. The third-order valence-corrected chi connectivity index (χ3v) is 2.69. The second-order valence-corrected chi connectivity index (χ2v) is 5.88. The molecule has 0 rings (SSSR count). The van der Waals surface area contributed by atoms with Crippen LogP contribution >= 0.6 is 8.46 Å². The van der Waals surface area contributed by atoms with Gasteiger partial charge in [-0.05, 0) is 17.3 Å². The van der Waals surface area contributed by atoms with Gasteiger partial charge in [-0.25, -0.2) is 0 Å². The molecule has 0 aromatic rings. The Labute approximate surface area is 77.5 Å². The Morgan fingerprint density at radius 1 is 1.25 bits per heavy atom. The van der Waals surface area contributed by atoms with E-state index in [-0.39, 0.29) is 19.3 Å². The average molecular weight is 186 g/mol. The Kier molecular flexibility index (Phi) is 3.65. The van der Waals surface area contributed by atoms with Crippen LogP contribution in [-0.4, -0.2) is 0 Å². The van der Waals surface area contributed by atoms with E-state index in [0.717, 1.165) is 11.7 Å². The molecule has 0 unspecified atom stereocenters. The summed E-state index contributed by atoms with van der Waals surface area (Å²) >= 11 is 0. The van der Waals surface area contributed by atoms with E-state index in [0.29, 0.717) is 0 Å². The molecule has 0 saturated carbocycles. The van der Waals surface area contributed by atoms with Crippen LogP contribution in [0.25, 0.3) is 0 Å². The number of allylic oxidation sites excluding steroid dienone is 1. The molecule has 0 aromatic carbocycles. The maximum Gasteiger partial charge on any atom is 0.187 e. The van der Waals surface area contributed by atoms with Crippen molar-refractivity contribution in [3.05, 3.63) is 11.9 Å². The molecule has 0 atom stereocenters. The van der Waals surface area contributed by atoms with Gasteiger partial charge in [0.25, 0.3) is 0 Å². The van der Waals surface area contributed by atoms with E-state index in [1.165, 1.54) is 0 Å². The van der Waals surface area contributed by atoms with Gasteiger partial charge in [0.05, 0.1) is 0 Å². The van der Waals surface area contributed by atoms with E-state index < -0.39 is 0 Å². The third kappa shape index (κ3) is 4.01. The molecule has 2 heteroatoms. The molecule has 0 spiro atoms. The highest BCUT2D eigenvalue weighted by molar-refractivity contribution is 7.29. The summed E-state index contributed by atoms with van der Waals surface area (Å²) in [5.41, 5.74) is 0.235. The van der Waals surface area contributed by atoms with E-state index in [9.17, 15) is 4.57 Å². The fourth-order valence-electron chi connectivity index (χ4n) is 1.55. The molecular weight excluding hydrogens is 167 g/mol. The number of hydrogen-bond donors (Lipinski definition) is 0. The molecule has 0 aliphatic heterocycles. The van der Waals surface area contributed by atoms with E-state index in [4.69, 9.17) is 0 Å². The molecule has 70 valence electrons. The summed E-state index contributed by atoms with van der Waals surface area (Å²) < 4.78 is 10.6. The number of hydrogen-bond acceptors (Lipinski definition) is 1. The van der Waals surface area contributed by atoms with E-state index >= 15 is 0 Å². The quantitative estimate of drug-likeness (QED) is 0.602. The molecule has 0 N–H and O–H groups in total. The van der Waals surface area contributed by atoms with Crippen molar-refractivity contribution in [3.8, 4) is 0 Å². The van der Waals surface area contributed by atoms with Gasteiger partial charge in [0.1, 0.15) is 0 Å². The van der Waals surface area contributed by atoms with Crippen LogP contribution < -0.4 is 0 Å². The summed E-state index contributed by atoms with van der Waals surface area (Å²) in [7, 11) is 0.0762. The minimum Gasteiger partial charge on any atom is -0.270 e. The highest BCUT2D eigenvalue weighted by Crippen LogP contribution is 2.41. The first kappa shape index (κ1) is 11.8. The van der Waals surface area contributed by atoms with Crippen LogP contribution in [0.15, 0.2) is 11.9 Å². The summed E-state index contributed by atoms with van der Waals surface area (Å²) in [4.78, 5) is 0. The smallest absolute Gasteiger partial charge is 0.187 e. The first-order valence-electron chi connectivity index (χ1n) is 4.22. The van der Waals surface area contributed by atoms with Gasteiger partial charge in [-0.2, -0.15) is 0 Å². The summed E-state index contributed by atoms with van der Waals surface area (Å²) in [6.45, 7) is 14.5. The van der Waals surface area contributed by atoms with Crippen molar-refractivity contribution in [2.75, 3.05) is 0 Å². The summed E-state index contributed by atoms with van der Waals surface area (Å²) in [6, 6.07) is 0. The molecule has 0 saturated heterocycles. The van der Waals surface area contributed by atoms with Gasteiger partial charge in [-0.15, -0.1) is 0 Å². The Bertz CT molecular complexity index is 187. The highest BCUT2D eigenvalue weighted by atomic mass is 31.1. The maximum absolute atomic E-state index is 10.6. The Balaban J connectivity index is 4.42. The van der Waals surface area contributed by atoms with Crippen molar-refractivity contribution in [3.63, 3.8) is 0 Å². The number of rotatable bonds is 3. The van der Waals surface area contributed by atoms with Crippen LogP contribution in [0, 0.1) is 10.8 Å². The first-order valence-corrected chi connectivity index (χ1v) is 5.03. The van der Waals surface area contributed by atoms with Gasteiger partial charge >= 0.3 is 0 Å². The molecule has 0 aliphatic carbocycles. The maximum atomic E-state index is 10.6. The molecular formula is C10H19OP. The minimum atomic E-state index is -0.0262. The molecule has 0 bridgehead atoms. The largest absolute Gasteiger partial charge is 0.270 e. The van der Waals surface area contributed by atoms with Crippen LogP contribution in [-0.2, 0) is 4.57 Å². The molecule has 0 amide bonds. The monoisotopic (exact) mass is 186 g/mol. The lowest BCUT2D eigenvalue weighted by atomic mass is 9.76. The average Bonchev–Trinajstić information content (AvgIpc) is 1.80. The summed E-state index contributed by atoms with van der Waals surface area (Å²) in [5, 5.41) is 0.789. The lowest BCUT2D eigenvalue weighted by Crippen LogP contribution is -2.20. The van der Waals surface area contributed by atoms with Gasteiger partial charge in [0.2, 0.25) is 0 Å². The Morgan fingerprint density at radius 2 is 1.67 bits per heavy atom. The standard InChI is InChI=1S/C10H19OP/c1-8(12-11)10(5,6)7-9(2,3)4/h1,7H2,2-6H3. The zero-order chi connectivity index (χ0) is 9.99. The molecule has 0 fully saturated rings. The lowest BCUT2D eigenvalue weighted by Gasteiger charge is -2.31. The SMILES string of the molecule is C=C(P=O)C(C)(C)CC(C)(C)C. The van der Waals surface area contributed by atoms with Gasteiger partial charge in [0, 0.05) is 5.31 Å². The van der Waals surface area contributed by atoms with E-state index in [1.54, 1.807) is 0 Å². The second-order valence-electron chi connectivity index (χ2n) is 5.16. The minimum absolute atomic E-state index is 0.0262. The molecule has 0 radical (unpaired) electrons. The zero-order valence-electron chi connectivity index (χ0n) is 8.77. The Hall–Kier alpha value is -0.160. The van der Waals surface area contributed by atoms with Gasteiger partial charge in [-0.1, -0.05) is 41.2 Å². The van der Waals surface area contributed by atoms with E-state index in [1.807, 2.05) is 0 Å². The van der Waals surface area contributed by atoms with Crippen molar-refractivity contribution in [1.82, 2.24) is 0 Å². The summed E-state index contributed by atoms with van der Waals surface area (Å²) in [6.07, 6.45) is 1.01. The van der Waals surface area contributed by atoms with Gasteiger partial charge < -0.3 is 0 Å². The fourth-order valence-corrected chi connectivity index (χ4v) is 1.88. The van der Waals surface area contributed by atoms with Crippen molar-refractivity contribution in [2.45, 2.75) is 41.0 Å². The highest BCUT2D eigenvalue weighted by Gasteiger charge is 2.28. The van der Waals surface area contributed by atoms with Crippen molar-refractivity contribution in [1.29, 1.82) is 0 Å². The van der Waals surface area contributed by atoms with Crippen molar-refractivity contribution in [2.24, 2.45) is 10.8 Å². The van der Waals surface area contributed by atoms with Crippen LogP contribution in [0.3, 0.4) is 0 Å². The molecule has 12 heavy (non-hydrogen) atoms. The van der Waals surface area contributed by atoms with Gasteiger partial charge in [0.15, 0.2) is 8.46 Å². The molecule has 0 heterocycles. The predicted octanol–water partition coefficient (Wildman–Crippen LogP) is 4.25. The Morgan fingerprint density at radius 3 is 1.92 bits per heavy atom. The molecule has 1 nitrogen and oxygen atoms in total. The van der Waals surface area contributed by atoms with Crippen molar-refractivity contribution < 1.29 is 4.57 Å². The fraction of sp³-hybridized carbons (Fsp3) is 0.800. The second kappa shape index (κ2) is 3.70. The van der Waals surface area contributed by atoms with Crippen LogP contribution in [0.4, 0.5) is 0 Å². The lowest BCUT2D eigenvalue weighted by molar-refractivity contribution is 0.258. The normalized spacial score (nSPS) is 13.4. The predicted molar refractivity (Wildman–Crippen MR) is 54.6 cm³/mol. The topological polar surface area (TPSA) is 17.1 Å². The van der Waals surface area contributed by atoms with E-state index in [2.05, 4.69) is 41.2 Å². The van der Waals surface area contributed by atoms with Crippen LogP contribution in [0.1, 0.15) is 41.0 Å². The summed E-state index contributed by atoms with van der Waals surface area (Å²) in [5.74, 6) is 0. The van der Waals surface area contributed by atoms with Gasteiger partial charge in [-0.3, -0.25) is 4.57 Å². The zero-order valence-corrected chi connectivity index (χ0v) is 9.66. The first-order chi connectivity index (χ1) is 5.19. The van der Waals surface area contributed by atoms with Crippen molar-refractivity contribution >= 4 is 8.46 Å². The molecule has 0 aliphatic rings.